The summed E-state index contributed by atoms with van der Waals surface area (Å²) in [6, 6.07) is 8.99. The fourth-order valence-corrected chi connectivity index (χ4v) is 1.65. The van der Waals surface area contributed by atoms with Crippen LogP contribution in [0.5, 0.6) is 0 Å². The molecule has 1 amide bonds. The molecule has 5 nitrogen and oxygen atoms in total. The van der Waals surface area contributed by atoms with E-state index in [0.717, 1.165) is 11.3 Å². The zero-order chi connectivity index (χ0) is 14.2. The number of aliphatic hydroxyl groups is 1. The first-order valence-electron chi connectivity index (χ1n) is 6.25. The molecular weight excluding hydrogens is 254 g/mol. The summed E-state index contributed by atoms with van der Waals surface area (Å²) in [4.78, 5) is 11.8. The van der Waals surface area contributed by atoms with Crippen LogP contribution < -0.4 is 5.32 Å². The lowest BCUT2D eigenvalue weighted by Gasteiger charge is -2.05. The zero-order valence-corrected chi connectivity index (χ0v) is 10.9. The van der Waals surface area contributed by atoms with Crippen molar-refractivity contribution in [2.24, 2.45) is 0 Å². The van der Waals surface area contributed by atoms with E-state index in [1.807, 2.05) is 12.3 Å². The number of benzene rings is 1. The summed E-state index contributed by atoms with van der Waals surface area (Å²) in [6.07, 6.45) is 3.87. The molecule has 0 aliphatic rings. The van der Waals surface area contributed by atoms with Crippen LogP contribution >= 0.6 is 0 Å². The Bertz CT molecular complexity index is 607. The van der Waals surface area contributed by atoms with Gasteiger partial charge in [0, 0.05) is 36.6 Å². The molecule has 2 aromatic rings. The van der Waals surface area contributed by atoms with Crippen LogP contribution in [0.25, 0.3) is 0 Å². The number of carbonyl (C=O) groups is 1. The zero-order valence-electron chi connectivity index (χ0n) is 10.9. The minimum Gasteiger partial charge on any atom is -0.384 e. The van der Waals surface area contributed by atoms with Gasteiger partial charge in [-0.05, 0) is 30.3 Å². The molecule has 0 saturated carbocycles. The number of aryl methyl sites for hydroxylation is 1. The number of carbonyl (C=O) groups excluding carboxylic acids is 1. The van der Waals surface area contributed by atoms with E-state index in [4.69, 9.17) is 5.11 Å². The van der Waals surface area contributed by atoms with Gasteiger partial charge in [0.05, 0.1) is 0 Å². The van der Waals surface area contributed by atoms with E-state index in [1.54, 1.807) is 35.1 Å². The third-order valence-corrected chi connectivity index (χ3v) is 2.61. The number of aliphatic hydroxyl groups excluding tert-OH is 1. The van der Waals surface area contributed by atoms with Gasteiger partial charge in [-0.2, -0.15) is 5.10 Å². The van der Waals surface area contributed by atoms with Crippen molar-refractivity contribution in [3.05, 3.63) is 48.3 Å². The van der Waals surface area contributed by atoms with E-state index in [2.05, 4.69) is 22.3 Å². The van der Waals surface area contributed by atoms with Crippen LogP contribution in [0.2, 0.25) is 0 Å². The summed E-state index contributed by atoms with van der Waals surface area (Å²) in [5, 5.41) is 15.4. The quantitative estimate of drug-likeness (QED) is 0.821. The molecule has 2 rings (SSSR count). The summed E-state index contributed by atoms with van der Waals surface area (Å²) >= 11 is 0. The van der Waals surface area contributed by atoms with Crippen LogP contribution in [-0.4, -0.2) is 27.4 Å². The molecule has 1 aromatic heterocycles. The Morgan fingerprint density at radius 2 is 2.15 bits per heavy atom. The van der Waals surface area contributed by atoms with E-state index < -0.39 is 0 Å². The summed E-state index contributed by atoms with van der Waals surface area (Å²) in [5.74, 6) is 5.30. The molecule has 0 unspecified atom stereocenters. The Balaban J connectivity index is 1.84. The van der Waals surface area contributed by atoms with Gasteiger partial charge >= 0.3 is 0 Å². The normalized spacial score (nSPS) is 9.65. The molecule has 20 heavy (non-hydrogen) atoms. The molecule has 1 heterocycles. The van der Waals surface area contributed by atoms with Gasteiger partial charge in [0.25, 0.3) is 0 Å². The highest BCUT2D eigenvalue weighted by atomic mass is 16.2. The SMILES string of the molecule is O=C(CCn1cccn1)Nc1ccc(C#CCO)cc1. The van der Waals surface area contributed by atoms with Crippen molar-refractivity contribution in [1.29, 1.82) is 0 Å². The standard InChI is InChI=1S/C15H15N3O2/c19-12-1-3-13-4-6-14(7-5-13)17-15(20)8-11-18-10-2-9-16-18/h2,4-7,9-10,19H,8,11-12H2,(H,17,20). The van der Waals surface area contributed by atoms with Crippen molar-refractivity contribution in [2.45, 2.75) is 13.0 Å². The second-order valence-electron chi connectivity index (χ2n) is 4.10. The Hall–Kier alpha value is -2.58. The minimum atomic E-state index is -0.161. The Morgan fingerprint density at radius 3 is 2.80 bits per heavy atom. The fraction of sp³-hybridized carbons (Fsp3) is 0.200. The predicted octanol–water partition coefficient (Wildman–Crippen LogP) is 1.26. The van der Waals surface area contributed by atoms with Gasteiger partial charge in [-0.3, -0.25) is 9.48 Å². The fourth-order valence-electron chi connectivity index (χ4n) is 1.65. The molecule has 0 atom stereocenters. The number of anilines is 1. The van der Waals surface area contributed by atoms with Crippen LogP contribution in [0.3, 0.4) is 0 Å². The van der Waals surface area contributed by atoms with Crippen LogP contribution in [0.4, 0.5) is 5.69 Å². The van der Waals surface area contributed by atoms with E-state index in [9.17, 15) is 4.79 Å². The van der Waals surface area contributed by atoms with E-state index >= 15 is 0 Å². The molecule has 0 fully saturated rings. The molecule has 0 radical (unpaired) electrons. The average Bonchev–Trinajstić information content (AvgIpc) is 2.98. The third kappa shape index (κ3) is 4.26. The van der Waals surface area contributed by atoms with Crippen molar-refractivity contribution in [3.8, 4) is 11.8 Å². The van der Waals surface area contributed by atoms with E-state index in [0.29, 0.717) is 13.0 Å². The first-order chi connectivity index (χ1) is 9.78. The molecular formula is C15H15N3O2. The summed E-state index contributed by atoms with van der Waals surface area (Å²) < 4.78 is 1.72. The summed E-state index contributed by atoms with van der Waals surface area (Å²) in [7, 11) is 0. The van der Waals surface area contributed by atoms with Crippen LogP contribution in [0, 0.1) is 11.8 Å². The Morgan fingerprint density at radius 1 is 1.35 bits per heavy atom. The topological polar surface area (TPSA) is 67.2 Å². The molecule has 2 N–H and O–H groups in total. The predicted molar refractivity (Wildman–Crippen MR) is 75.9 cm³/mol. The maximum atomic E-state index is 11.8. The first-order valence-corrected chi connectivity index (χ1v) is 6.25. The molecule has 0 spiro atoms. The second-order valence-corrected chi connectivity index (χ2v) is 4.10. The largest absolute Gasteiger partial charge is 0.384 e. The van der Waals surface area contributed by atoms with Crippen molar-refractivity contribution >= 4 is 11.6 Å². The molecule has 0 aliphatic heterocycles. The molecule has 5 heteroatoms. The van der Waals surface area contributed by atoms with Crippen molar-refractivity contribution in [3.63, 3.8) is 0 Å². The Labute approximate surface area is 117 Å². The number of amides is 1. The second kappa shape index (κ2) is 7.12. The molecule has 0 saturated heterocycles. The van der Waals surface area contributed by atoms with Crippen molar-refractivity contribution in [2.75, 3.05) is 11.9 Å². The number of nitrogens with one attached hydrogen (secondary N) is 1. The van der Waals surface area contributed by atoms with Crippen molar-refractivity contribution in [1.82, 2.24) is 9.78 Å². The van der Waals surface area contributed by atoms with Crippen LogP contribution in [0.15, 0.2) is 42.7 Å². The van der Waals surface area contributed by atoms with Crippen molar-refractivity contribution < 1.29 is 9.90 Å². The minimum absolute atomic E-state index is 0.0605. The van der Waals surface area contributed by atoms with Gasteiger partial charge in [0.1, 0.15) is 6.61 Å². The monoisotopic (exact) mass is 269 g/mol. The number of rotatable bonds is 4. The van der Waals surface area contributed by atoms with Gasteiger partial charge in [-0.25, -0.2) is 0 Å². The Kier molecular flexibility index (Phi) is 4.93. The highest BCUT2D eigenvalue weighted by Gasteiger charge is 2.02. The van der Waals surface area contributed by atoms with Gasteiger partial charge in [-0.15, -0.1) is 0 Å². The van der Waals surface area contributed by atoms with E-state index in [-0.39, 0.29) is 12.5 Å². The van der Waals surface area contributed by atoms with Gasteiger partial charge in [-0.1, -0.05) is 11.8 Å². The van der Waals surface area contributed by atoms with Crippen LogP contribution in [-0.2, 0) is 11.3 Å². The van der Waals surface area contributed by atoms with Gasteiger partial charge in [0.2, 0.25) is 5.91 Å². The van der Waals surface area contributed by atoms with E-state index in [1.165, 1.54) is 0 Å². The highest BCUT2D eigenvalue weighted by molar-refractivity contribution is 5.90. The number of hydrogen-bond acceptors (Lipinski definition) is 3. The lowest BCUT2D eigenvalue weighted by atomic mass is 10.2. The molecule has 0 aliphatic carbocycles. The van der Waals surface area contributed by atoms with Crippen LogP contribution in [0.1, 0.15) is 12.0 Å². The number of hydrogen-bond donors (Lipinski definition) is 2. The third-order valence-electron chi connectivity index (χ3n) is 2.61. The number of nitrogens with zero attached hydrogens (tertiary/aromatic N) is 2. The van der Waals surface area contributed by atoms with Gasteiger partial charge in [0.15, 0.2) is 0 Å². The average molecular weight is 269 g/mol. The maximum Gasteiger partial charge on any atom is 0.226 e. The summed E-state index contributed by atoms with van der Waals surface area (Å²) in [5.41, 5.74) is 1.53. The lowest BCUT2D eigenvalue weighted by molar-refractivity contribution is -0.116. The first kappa shape index (κ1) is 13.8. The lowest BCUT2D eigenvalue weighted by Crippen LogP contribution is -2.14. The molecule has 1 aromatic carbocycles. The highest BCUT2D eigenvalue weighted by Crippen LogP contribution is 2.09. The smallest absolute Gasteiger partial charge is 0.226 e. The van der Waals surface area contributed by atoms with Gasteiger partial charge < -0.3 is 10.4 Å². The molecule has 0 bridgehead atoms. The summed E-state index contributed by atoms with van der Waals surface area (Å²) in [6.45, 7) is 0.394. The maximum absolute atomic E-state index is 11.8. The number of aromatic nitrogens is 2. The molecule has 102 valence electrons.